The summed E-state index contributed by atoms with van der Waals surface area (Å²) in [7, 11) is 0. The first-order chi connectivity index (χ1) is 15.2. The lowest BCUT2D eigenvalue weighted by molar-refractivity contribution is -0.139. The van der Waals surface area contributed by atoms with Crippen LogP contribution in [0.25, 0.3) is 22.4 Å². The zero-order valence-electron chi connectivity index (χ0n) is 16.2. The first-order valence-corrected chi connectivity index (χ1v) is 9.28. The van der Waals surface area contributed by atoms with Gasteiger partial charge in [0.1, 0.15) is 17.7 Å². The zero-order chi connectivity index (χ0) is 22.9. The number of hydrogen-bond donors (Lipinski definition) is 1. The Morgan fingerprint density at radius 2 is 1.75 bits per heavy atom. The molecule has 0 amide bonds. The van der Waals surface area contributed by atoms with Crippen molar-refractivity contribution >= 4 is 11.8 Å². The number of carbonyl (C=O) groups excluding carboxylic acids is 1. The van der Waals surface area contributed by atoms with Crippen LogP contribution in [0.5, 0.6) is 5.75 Å². The fourth-order valence-electron chi connectivity index (χ4n) is 3.26. The summed E-state index contributed by atoms with van der Waals surface area (Å²) in [5.41, 5.74) is 1.20. The van der Waals surface area contributed by atoms with E-state index in [4.69, 9.17) is 14.4 Å². The molecule has 1 aliphatic carbocycles. The highest BCUT2D eigenvalue weighted by molar-refractivity contribution is 6.14. The predicted molar refractivity (Wildman–Crippen MR) is 107 cm³/mol. The minimum atomic E-state index is -4.56. The van der Waals surface area contributed by atoms with E-state index in [0.717, 1.165) is 12.1 Å². The van der Waals surface area contributed by atoms with Gasteiger partial charge >= 0.3 is 12.1 Å². The van der Waals surface area contributed by atoms with E-state index in [1.807, 2.05) is 0 Å². The molecule has 0 fully saturated rings. The summed E-state index contributed by atoms with van der Waals surface area (Å²) >= 11 is 0. The zero-order valence-corrected chi connectivity index (χ0v) is 16.2. The second-order valence-corrected chi connectivity index (χ2v) is 6.85. The minimum Gasteiger partial charge on any atom is -0.482 e. The fraction of sp³-hybridized carbons (Fsp3) is 0.0870. The monoisotopic (exact) mass is 441 g/mol. The number of aromatic nitrogens is 1. The van der Waals surface area contributed by atoms with Crippen LogP contribution in [0.15, 0.2) is 71.4 Å². The van der Waals surface area contributed by atoms with Gasteiger partial charge in [-0.15, -0.1) is 0 Å². The molecule has 0 saturated heterocycles. The number of nitrogens with zero attached hydrogens (tertiary/aromatic N) is 1. The summed E-state index contributed by atoms with van der Waals surface area (Å²) in [4.78, 5) is 23.5. The number of rotatable bonds is 6. The van der Waals surface area contributed by atoms with Crippen LogP contribution in [0.2, 0.25) is 0 Å². The van der Waals surface area contributed by atoms with Gasteiger partial charge < -0.3 is 14.4 Å². The van der Waals surface area contributed by atoms with Gasteiger partial charge in [-0.25, -0.2) is 4.79 Å². The van der Waals surface area contributed by atoms with Gasteiger partial charge in [-0.3, -0.25) is 4.79 Å². The van der Waals surface area contributed by atoms with Crippen molar-refractivity contribution < 1.29 is 37.1 Å². The van der Waals surface area contributed by atoms with Crippen molar-refractivity contribution in [2.45, 2.75) is 6.18 Å². The van der Waals surface area contributed by atoms with Crippen molar-refractivity contribution in [2.24, 2.45) is 0 Å². The molecule has 0 saturated carbocycles. The Balaban J connectivity index is 1.64. The van der Waals surface area contributed by atoms with E-state index in [9.17, 15) is 22.8 Å². The number of carbonyl (C=O) groups is 2. The van der Waals surface area contributed by atoms with E-state index in [1.54, 1.807) is 30.3 Å². The van der Waals surface area contributed by atoms with Crippen LogP contribution in [0.4, 0.5) is 13.2 Å². The Morgan fingerprint density at radius 1 is 1.00 bits per heavy atom. The van der Waals surface area contributed by atoms with Gasteiger partial charge in [-0.1, -0.05) is 23.4 Å². The molecule has 0 radical (unpaired) electrons. The van der Waals surface area contributed by atoms with Crippen LogP contribution in [-0.4, -0.2) is 28.6 Å². The third-order valence-electron chi connectivity index (χ3n) is 4.75. The topological polar surface area (TPSA) is 89.6 Å². The summed E-state index contributed by atoms with van der Waals surface area (Å²) in [6.07, 6.45) is -3.29. The number of halogens is 3. The first kappa shape index (κ1) is 21.1. The molecule has 1 aliphatic heterocycles. The van der Waals surface area contributed by atoms with Crippen LogP contribution >= 0.6 is 0 Å². The maximum Gasteiger partial charge on any atom is 0.416 e. The fourth-order valence-corrected chi connectivity index (χ4v) is 3.26. The summed E-state index contributed by atoms with van der Waals surface area (Å²) in [5.74, 6) is -1.33. The predicted octanol–water partition coefficient (Wildman–Crippen LogP) is 5.16. The molecule has 2 aromatic rings. The van der Waals surface area contributed by atoms with Gasteiger partial charge in [0, 0.05) is 27.8 Å². The quantitative estimate of drug-likeness (QED) is 0.416. The highest BCUT2D eigenvalue weighted by Crippen LogP contribution is 2.37. The van der Waals surface area contributed by atoms with Crippen LogP contribution in [0.3, 0.4) is 0 Å². The smallest absolute Gasteiger partial charge is 0.416 e. The van der Waals surface area contributed by atoms with Crippen molar-refractivity contribution in [1.82, 2.24) is 5.16 Å². The second kappa shape index (κ2) is 8.18. The van der Waals surface area contributed by atoms with Gasteiger partial charge in [0.05, 0.1) is 5.56 Å². The molecule has 1 N–H and O–H groups in total. The molecule has 1 heterocycles. The standard InChI is InChI=1S/C23H14F3NO5/c24-23(25,26)15-3-1-2-14(10-15)22(30)18-9-8-17-19(18)11-32-27-21(17)13-4-6-16(7-5-13)31-12-20(28)29/h1-11H,12H2,(H,28,29). The van der Waals surface area contributed by atoms with Crippen molar-refractivity contribution in [2.75, 3.05) is 6.61 Å². The van der Waals surface area contributed by atoms with E-state index < -0.39 is 30.1 Å². The molecule has 162 valence electrons. The van der Waals surface area contributed by atoms with E-state index in [0.29, 0.717) is 28.1 Å². The molecular weight excluding hydrogens is 427 g/mol. The number of alkyl halides is 3. The Kier molecular flexibility index (Phi) is 5.40. The Hall–Kier alpha value is -4.14. The molecule has 0 bridgehead atoms. The van der Waals surface area contributed by atoms with Gasteiger partial charge in [0.25, 0.3) is 0 Å². The van der Waals surface area contributed by atoms with Crippen LogP contribution in [-0.2, 0) is 11.0 Å². The van der Waals surface area contributed by atoms with Crippen LogP contribution < -0.4 is 4.74 Å². The lowest BCUT2D eigenvalue weighted by Gasteiger charge is -2.10. The molecule has 6 nitrogen and oxygen atoms in total. The summed E-state index contributed by atoms with van der Waals surface area (Å²) in [6, 6.07) is 13.8. The lowest BCUT2D eigenvalue weighted by Crippen LogP contribution is -2.09. The van der Waals surface area contributed by atoms with E-state index in [-0.39, 0.29) is 11.1 Å². The summed E-state index contributed by atoms with van der Waals surface area (Å²) in [6.45, 7) is -0.480. The molecule has 2 aliphatic rings. The lowest BCUT2D eigenvalue weighted by atomic mass is 9.97. The Bertz CT molecular complexity index is 1260. The average Bonchev–Trinajstić information content (AvgIpc) is 3.21. The third-order valence-corrected chi connectivity index (χ3v) is 4.75. The minimum absolute atomic E-state index is 0.0920. The first-order valence-electron chi connectivity index (χ1n) is 9.28. The highest BCUT2D eigenvalue weighted by atomic mass is 19.4. The normalized spacial score (nSPS) is 11.5. The Morgan fingerprint density at radius 3 is 2.44 bits per heavy atom. The van der Waals surface area contributed by atoms with Crippen molar-refractivity contribution in [3.63, 3.8) is 0 Å². The number of carboxylic acid groups (broad SMARTS) is 1. The molecule has 9 heteroatoms. The van der Waals surface area contributed by atoms with Crippen molar-refractivity contribution in [3.8, 4) is 28.1 Å². The van der Waals surface area contributed by atoms with E-state index in [1.165, 1.54) is 24.5 Å². The summed E-state index contributed by atoms with van der Waals surface area (Å²) < 4.78 is 49.3. The second-order valence-electron chi connectivity index (χ2n) is 6.85. The maximum absolute atomic E-state index is 13.0. The van der Waals surface area contributed by atoms with Crippen LogP contribution in [0.1, 0.15) is 21.5 Å². The molecule has 32 heavy (non-hydrogen) atoms. The van der Waals surface area contributed by atoms with Gasteiger partial charge in [0.2, 0.25) is 0 Å². The number of carboxylic acids is 1. The van der Waals surface area contributed by atoms with Crippen molar-refractivity contribution in [1.29, 1.82) is 0 Å². The number of hydrogen-bond acceptors (Lipinski definition) is 5. The number of ketones is 1. The number of aliphatic carboxylic acids is 1. The molecule has 0 unspecified atom stereocenters. The maximum atomic E-state index is 13.0. The summed E-state index contributed by atoms with van der Waals surface area (Å²) in [5, 5.41) is 12.7. The number of fused-ring (bicyclic) bond motifs is 1. The third kappa shape index (κ3) is 4.18. The molecule has 4 rings (SSSR count). The van der Waals surface area contributed by atoms with Gasteiger partial charge in [-0.05, 0) is 42.5 Å². The largest absolute Gasteiger partial charge is 0.482 e. The van der Waals surface area contributed by atoms with Crippen LogP contribution in [0, 0.1) is 0 Å². The molecule has 2 aromatic carbocycles. The van der Waals surface area contributed by atoms with Crippen molar-refractivity contribution in [3.05, 3.63) is 83.6 Å². The highest BCUT2D eigenvalue weighted by Gasteiger charge is 2.31. The van der Waals surface area contributed by atoms with Gasteiger partial charge in [0.15, 0.2) is 12.4 Å². The van der Waals surface area contributed by atoms with E-state index >= 15 is 0 Å². The molecular formula is C23H14F3NO5. The van der Waals surface area contributed by atoms with Gasteiger partial charge in [-0.2, -0.15) is 13.2 Å². The average molecular weight is 441 g/mol. The number of ether oxygens (including phenoxy) is 1. The SMILES string of the molecule is O=C(O)COc1ccc(-c2nocc3c(C(=O)c4cccc(C(F)(F)F)c4)ccc2-3)cc1. The van der Waals surface area contributed by atoms with E-state index in [2.05, 4.69) is 5.16 Å². The number of benzene rings is 2. The molecule has 0 aromatic heterocycles. The Labute approximate surface area is 179 Å². The molecule has 0 spiro atoms. The molecule has 0 atom stereocenters.